The van der Waals surface area contributed by atoms with E-state index in [1.807, 2.05) is 0 Å². The number of benzene rings is 1. The minimum absolute atomic E-state index is 0.305. The molecule has 0 aliphatic rings. The number of aliphatic hydroxyl groups excluding tert-OH is 1. The Kier molecular flexibility index (Phi) is 3.63. The van der Waals surface area contributed by atoms with E-state index in [0.717, 1.165) is 17.3 Å². The van der Waals surface area contributed by atoms with Gasteiger partial charge >= 0.3 is 0 Å². The van der Waals surface area contributed by atoms with Gasteiger partial charge in [0.2, 0.25) is 0 Å². The fourth-order valence-electron chi connectivity index (χ4n) is 1.32. The van der Waals surface area contributed by atoms with Gasteiger partial charge in [0.1, 0.15) is 17.6 Å². The molecular formula is C10H8BrFN2OS. The van der Waals surface area contributed by atoms with Gasteiger partial charge in [0.05, 0.1) is 17.9 Å². The van der Waals surface area contributed by atoms with Crippen molar-refractivity contribution in [2.75, 3.05) is 0 Å². The lowest BCUT2D eigenvalue weighted by atomic mass is 10.1. The van der Waals surface area contributed by atoms with E-state index in [4.69, 9.17) is 0 Å². The summed E-state index contributed by atoms with van der Waals surface area (Å²) in [7, 11) is 0. The fraction of sp³-hybridized carbons (Fsp3) is 0.200. The molecule has 2 aromatic rings. The highest BCUT2D eigenvalue weighted by Crippen LogP contribution is 2.23. The Morgan fingerprint density at radius 2 is 2.31 bits per heavy atom. The van der Waals surface area contributed by atoms with Gasteiger partial charge in [-0.15, -0.1) is 0 Å². The maximum absolute atomic E-state index is 12.8. The highest BCUT2D eigenvalue weighted by atomic mass is 79.9. The molecule has 0 amide bonds. The molecule has 1 N–H and O–H groups in total. The Morgan fingerprint density at radius 3 is 2.94 bits per heavy atom. The number of rotatable bonds is 3. The first-order chi connectivity index (χ1) is 7.66. The van der Waals surface area contributed by atoms with Crippen molar-refractivity contribution in [3.63, 3.8) is 0 Å². The van der Waals surface area contributed by atoms with E-state index in [-0.39, 0.29) is 5.82 Å². The van der Waals surface area contributed by atoms with Gasteiger partial charge in [-0.25, -0.2) is 4.39 Å². The Hall–Kier alpha value is -0.850. The molecule has 0 fully saturated rings. The van der Waals surface area contributed by atoms with Crippen molar-refractivity contribution in [3.8, 4) is 0 Å². The van der Waals surface area contributed by atoms with Gasteiger partial charge in [-0.1, -0.05) is 22.0 Å². The van der Waals surface area contributed by atoms with E-state index >= 15 is 0 Å². The first kappa shape index (κ1) is 11.6. The highest BCUT2D eigenvalue weighted by Gasteiger charge is 2.13. The largest absolute Gasteiger partial charge is 0.386 e. The van der Waals surface area contributed by atoms with E-state index < -0.39 is 6.10 Å². The molecule has 3 nitrogen and oxygen atoms in total. The van der Waals surface area contributed by atoms with Gasteiger partial charge in [-0.3, -0.25) is 0 Å². The molecule has 1 atom stereocenters. The van der Waals surface area contributed by atoms with Crippen LogP contribution in [-0.4, -0.2) is 13.9 Å². The summed E-state index contributed by atoms with van der Waals surface area (Å²) in [5, 5.41) is 9.85. The molecular weight excluding hydrogens is 295 g/mol. The third-order valence-corrected chi connectivity index (χ3v) is 3.38. The van der Waals surface area contributed by atoms with Crippen LogP contribution in [-0.2, 0) is 6.42 Å². The Morgan fingerprint density at radius 1 is 1.50 bits per heavy atom. The van der Waals surface area contributed by atoms with Gasteiger partial charge in [0.25, 0.3) is 0 Å². The smallest absolute Gasteiger partial charge is 0.124 e. The second-order valence-electron chi connectivity index (χ2n) is 3.29. The summed E-state index contributed by atoms with van der Waals surface area (Å²) in [6.07, 6.45) is 1.21. The average molecular weight is 303 g/mol. The standard InChI is InChI=1S/C10H8BrFN2OS/c11-8-4-7(12)2-1-6(8)3-10(15)9-5-13-16-14-9/h1-2,4-5,10,15H,3H2. The molecule has 1 aromatic carbocycles. The van der Waals surface area contributed by atoms with Crippen LogP contribution in [0.25, 0.3) is 0 Å². The Balaban J connectivity index is 2.15. The molecule has 2 rings (SSSR count). The summed E-state index contributed by atoms with van der Waals surface area (Å²) in [5.41, 5.74) is 1.38. The number of hydrogen-bond acceptors (Lipinski definition) is 4. The van der Waals surface area contributed by atoms with Crippen molar-refractivity contribution in [3.05, 3.63) is 45.9 Å². The highest BCUT2D eigenvalue weighted by molar-refractivity contribution is 9.10. The second kappa shape index (κ2) is 4.99. The number of nitrogens with zero attached hydrogens (tertiary/aromatic N) is 2. The van der Waals surface area contributed by atoms with Crippen molar-refractivity contribution in [2.24, 2.45) is 0 Å². The van der Waals surface area contributed by atoms with Crippen molar-refractivity contribution in [2.45, 2.75) is 12.5 Å². The Labute approximate surface area is 104 Å². The molecule has 1 unspecified atom stereocenters. The lowest BCUT2D eigenvalue weighted by Gasteiger charge is -2.09. The molecule has 1 heterocycles. The van der Waals surface area contributed by atoms with Crippen LogP contribution in [0.2, 0.25) is 0 Å². The van der Waals surface area contributed by atoms with Gasteiger partial charge in [0.15, 0.2) is 0 Å². The molecule has 0 bridgehead atoms. The Bertz CT molecular complexity index is 478. The number of hydrogen-bond donors (Lipinski definition) is 1. The fourth-order valence-corrected chi connectivity index (χ4v) is 2.30. The van der Waals surface area contributed by atoms with Gasteiger partial charge in [-0.2, -0.15) is 8.75 Å². The van der Waals surface area contributed by atoms with Crippen LogP contribution < -0.4 is 0 Å². The van der Waals surface area contributed by atoms with E-state index in [1.165, 1.54) is 18.3 Å². The number of aliphatic hydroxyl groups is 1. The van der Waals surface area contributed by atoms with Crippen molar-refractivity contribution in [1.82, 2.24) is 8.75 Å². The van der Waals surface area contributed by atoms with Gasteiger partial charge < -0.3 is 5.11 Å². The van der Waals surface area contributed by atoms with Crippen molar-refractivity contribution >= 4 is 27.7 Å². The number of aromatic nitrogens is 2. The van der Waals surface area contributed by atoms with Crippen LogP contribution in [0.4, 0.5) is 4.39 Å². The summed E-state index contributed by atoms with van der Waals surface area (Å²) in [6, 6.07) is 4.38. The lowest BCUT2D eigenvalue weighted by Crippen LogP contribution is -2.02. The first-order valence-electron chi connectivity index (χ1n) is 4.56. The molecule has 0 aliphatic carbocycles. The maximum atomic E-state index is 12.8. The van der Waals surface area contributed by atoms with Crippen LogP contribution in [0.1, 0.15) is 17.4 Å². The average Bonchev–Trinajstić information content (AvgIpc) is 2.75. The summed E-state index contributed by atoms with van der Waals surface area (Å²) < 4.78 is 21.3. The molecule has 0 aliphatic heterocycles. The molecule has 16 heavy (non-hydrogen) atoms. The molecule has 0 saturated carbocycles. The number of halogens is 2. The van der Waals surface area contributed by atoms with E-state index in [0.29, 0.717) is 16.6 Å². The SMILES string of the molecule is OC(Cc1ccc(F)cc1Br)c1cnsn1. The van der Waals surface area contributed by atoms with Crippen LogP contribution in [0.5, 0.6) is 0 Å². The van der Waals surface area contributed by atoms with Gasteiger partial charge in [0, 0.05) is 10.9 Å². The molecule has 6 heteroatoms. The van der Waals surface area contributed by atoms with Crippen LogP contribution in [0, 0.1) is 5.82 Å². The summed E-state index contributed by atoms with van der Waals surface area (Å²) >= 11 is 4.31. The zero-order valence-corrected chi connectivity index (χ0v) is 10.5. The summed E-state index contributed by atoms with van der Waals surface area (Å²) in [5.74, 6) is -0.305. The van der Waals surface area contributed by atoms with E-state index in [9.17, 15) is 9.50 Å². The second-order valence-corrected chi connectivity index (χ2v) is 4.70. The summed E-state index contributed by atoms with van der Waals surface area (Å²) in [6.45, 7) is 0. The van der Waals surface area contributed by atoms with Crippen LogP contribution >= 0.6 is 27.7 Å². The predicted octanol–water partition coefficient (Wildman–Crippen LogP) is 2.72. The zero-order valence-electron chi connectivity index (χ0n) is 8.10. The first-order valence-corrected chi connectivity index (χ1v) is 6.08. The van der Waals surface area contributed by atoms with Crippen LogP contribution in [0.15, 0.2) is 28.9 Å². The minimum atomic E-state index is -0.708. The van der Waals surface area contributed by atoms with Crippen molar-refractivity contribution in [1.29, 1.82) is 0 Å². The van der Waals surface area contributed by atoms with E-state index in [2.05, 4.69) is 24.7 Å². The molecule has 0 radical (unpaired) electrons. The minimum Gasteiger partial charge on any atom is -0.386 e. The lowest BCUT2D eigenvalue weighted by molar-refractivity contribution is 0.174. The summed E-state index contributed by atoms with van der Waals surface area (Å²) in [4.78, 5) is 0. The predicted molar refractivity (Wildman–Crippen MR) is 62.7 cm³/mol. The zero-order chi connectivity index (χ0) is 11.5. The molecule has 84 valence electrons. The van der Waals surface area contributed by atoms with Crippen molar-refractivity contribution < 1.29 is 9.50 Å². The molecule has 0 saturated heterocycles. The van der Waals surface area contributed by atoms with Crippen LogP contribution in [0.3, 0.4) is 0 Å². The normalized spacial score (nSPS) is 12.7. The van der Waals surface area contributed by atoms with E-state index in [1.54, 1.807) is 6.07 Å². The molecule has 0 spiro atoms. The monoisotopic (exact) mass is 302 g/mol. The van der Waals surface area contributed by atoms with Gasteiger partial charge in [-0.05, 0) is 17.7 Å². The molecule has 1 aromatic heterocycles. The third-order valence-electron chi connectivity index (χ3n) is 2.15. The third kappa shape index (κ3) is 2.63. The maximum Gasteiger partial charge on any atom is 0.124 e. The topological polar surface area (TPSA) is 46.0 Å². The quantitative estimate of drug-likeness (QED) is 0.948.